The molecule has 0 aliphatic rings. The van der Waals surface area contributed by atoms with Crippen molar-refractivity contribution in [1.29, 1.82) is 0 Å². The molecular formula is C13H20S2. The number of hydrogen-bond donors (Lipinski definition) is 0. The van der Waals surface area contributed by atoms with Crippen molar-refractivity contribution in [3.63, 3.8) is 0 Å². The molecule has 1 rings (SSSR count). The summed E-state index contributed by atoms with van der Waals surface area (Å²) in [6, 6.07) is 4.44. The molecule has 0 fully saturated rings. The molecule has 0 N–H and O–H groups in total. The molecule has 84 valence electrons. The van der Waals surface area contributed by atoms with Crippen LogP contribution in [0.1, 0.15) is 52.0 Å². The maximum atomic E-state index is 5.34. The average Bonchev–Trinajstić information content (AvgIpc) is 1.99. The van der Waals surface area contributed by atoms with E-state index < -0.39 is 0 Å². The normalized spacial score (nSPS) is 12.9. The Balaban J connectivity index is 3.36. The second kappa shape index (κ2) is 3.99. The Morgan fingerprint density at radius 2 is 1.47 bits per heavy atom. The standard InChI is InChI=1S/C13H20S2/c1-12(2,3)9-7-10(13(4,5)6)15-11(14)8-9/h7-8H,1-6H3. The van der Waals surface area contributed by atoms with Crippen LogP contribution >= 0.6 is 23.6 Å². The van der Waals surface area contributed by atoms with Gasteiger partial charge in [0.25, 0.3) is 0 Å². The summed E-state index contributed by atoms with van der Waals surface area (Å²) in [5, 5.41) is 0. The van der Waals surface area contributed by atoms with Gasteiger partial charge in [0, 0.05) is 4.88 Å². The molecule has 15 heavy (non-hydrogen) atoms. The van der Waals surface area contributed by atoms with Gasteiger partial charge >= 0.3 is 0 Å². The summed E-state index contributed by atoms with van der Waals surface area (Å²) in [6.07, 6.45) is 0. The summed E-state index contributed by atoms with van der Waals surface area (Å²) in [7, 11) is 0. The van der Waals surface area contributed by atoms with Gasteiger partial charge in [0.15, 0.2) is 0 Å². The summed E-state index contributed by atoms with van der Waals surface area (Å²) < 4.78 is 0.993. The fourth-order valence-electron chi connectivity index (χ4n) is 1.28. The van der Waals surface area contributed by atoms with E-state index in [0.29, 0.717) is 0 Å². The lowest BCUT2D eigenvalue weighted by molar-refractivity contribution is 0.576. The Morgan fingerprint density at radius 3 is 1.87 bits per heavy atom. The monoisotopic (exact) mass is 240 g/mol. The van der Waals surface area contributed by atoms with Gasteiger partial charge in [0.1, 0.15) is 0 Å². The smallest absolute Gasteiger partial charge is 0.0905 e. The highest BCUT2D eigenvalue weighted by Crippen LogP contribution is 2.32. The fraction of sp³-hybridized carbons (Fsp3) is 0.615. The van der Waals surface area contributed by atoms with Crippen LogP contribution in [0.25, 0.3) is 0 Å². The van der Waals surface area contributed by atoms with E-state index in [2.05, 4.69) is 53.7 Å². The Labute approximate surface area is 102 Å². The first kappa shape index (κ1) is 12.9. The highest BCUT2D eigenvalue weighted by Gasteiger charge is 2.19. The van der Waals surface area contributed by atoms with Crippen molar-refractivity contribution in [2.75, 3.05) is 0 Å². The SMILES string of the molecule is CC(C)(C)c1cc(C(C)(C)C)sc(=S)c1. The molecule has 0 amide bonds. The van der Waals surface area contributed by atoms with E-state index in [0.717, 1.165) is 3.82 Å². The first-order valence-electron chi connectivity index (χ1n) is 5.27. The van der Waals surface area contributed by atoms with E-state index >= 15 is 0 Å². The van der Waals surface area contributed by atoms with Gasteiger partial charge in [0.2, 0.25) is 0 Å². The first-order valence-corrected chi connectivity index (χ1v) is 6.49. The molecule has 0 saturated heterocycles. The Morgan fingerprint density at radius 1 is 0.933 bits per heavy atom. The predicted molar refractivity (Wildman–Crippen MR) is 72.6 cm³/mol. The highest BCUT2D eigenvalue weighted by atomic mass is 32.1. The Hall–Kier alpha value is -0.210. The van der Waals surface area contributed by atoms with Crippen molar-refractivity contribution in [3.8, 4) is 0 Å². The van der Waals surface area contributed by atoms with E-state index in [9.17, 15) is 0 Å². The van der Waals surface area contributed by atoms with Crippen LogP contribution in [-0.2, 0) is 10.8 Å². The van der Waals surface area contributed by atoms with Crippen molar-refractivity contribution >= 4 is 23.6 Å². The van der Waals surface area contributed by atoms with Gasteiger partial charge in [-0.3, -0.25) is 0 Å². The van der Waals surface area contributed by atoms with Crippen molar-refractivity contribution < 1.29 is 0 Å². The summed E-state index contributed by atoms with van der Waals surface area (Å²) in [5.41, 5.74) is 1.72. The van der Waals surface area contributed by atoms with E-state index in [1.165, 1.54) is 10.4 Å². The van der Waals surface area contributed by atoms with Crippen LogP contribution < -0.4 is 0 Å². The van der Waals surface area contributed by atoms with Gasteiger partial charge in [-0.25, -0.2) is 0 Å². The molecule has 1 heterocycles. The minimum atomic E-state index is 0.182. The Kier molecular flexibility index (Phi) is 3.42. The predicted octanol–water partition coefficient (Wildman–Crippen LogP) is 5.07. The lowest BCUT2D eigenvalue weighted by atomic mass is 9.85. The third kappa shape index (κ3) is 3.39. The van der Waals surface area contributed by atoms with E-state index in [1.54, 1.807) is 11.3 Å². The summed E-state index contributed by atoms with van der Waals surface area (Å²) in [4.78, 5) is 1.37. The second-order valence-electron chi connectivity index (χ2n) is 6.03. The van der Waals surface area contributed by atoms with Crippen LogP contribution in [0.4, 0.5) is 0 Å². The van der Waals surface area contributed by atoms with E-state index in [-0.39, 0.29) is 10.8 Å². The highest BCUT2D eigenvalue weighted by molar-refractivity contribution is 7.73. The molecule has 0 atom stereocenters. The van der Waals surface area contributed by atoms with Gasteiger partial charge < -0.3 is 0 Å². The molecule has 0 radical (unpaired) electrons. The molecule has 0 aliphatic heterocycles. The first-order chi connectivity index (χ1) is 6.60. The summed E-state index contributed by atoms with van der Waals surface area (Å²) in [6.45, 7) is 13.4. The van der Waals surface area contributed by atoms with Crippen LogP contribution in [0.3, 0.4) is 0 Å². The zero-order valence-electron chi connectivity index (χ0n) is 10.5. The average molecular weight is 240 g/mol. The maximum Gasteiger partial charge on any atom is 0.0905 e. The lowest BCUT2D eigenvalue weighted by Crippen LogP contribution is -2.15. The van der Waals surface area contributed by atoms with Crippen molar-refractivity contribution in [2.24, 2.45) is 0 Å². The van der Waals surface area contributed by atoms with Crippen molar-refractivity contribution in [1.82, 2.24) is 0 Å². The molecule has 0 nitrogen and oxygen atoms in total. The molecule has 1 aromatic rings. The number of hydrogen-bond acceptors (Lipinski definition) is 2. The van der Waals surface area contributed by atoms with Gasteiger partial charge in [-0.15, -0.1) is 11.3 Å². The molecule has 0 bridgehead atoms. The minimum Gasteiger partial charge on any atom is -0.129 e. The molecule has 0 saturated carbocycles. The van der Waals surface area contributed by atoms with Gasteiger partial charge in [-0.05, 0) is 28.5 Å². The van der Waals surface area contributed by atoms with Crippen LogP contribution in [-0.4, -0.2) is 0 Å². The maximum absolute atomic E-state index is 5.34. The molecule has 0 unspecified atom stereocenters. The van der Waals surface area contributed by atoms with Crippen LogP contribution in [0.5, 0.6) is 0 Å². The molecular weight excluding hydrogens is 220 g/mol. The fourth-order valence-corrected chi connectivity index (χ4v) is 2.57. The molecule has 0 aliphatic carbocycles. The van der Waals surface area contributed by atoms with Crippen LogP contribution in [0, 0.1) is 3.82 Å². The summed E-state index contributed by atoms with van der Waals surface area (Å²) >= 11 is 7.07. The van der Waals surface area contributed by atoms with Gasteiger partial charge in [-0.1, -0.05) is 53.8 Å². The van der Waals surface area contributed by atoms with Crippen molar-refractivity contribution in [3.05, 3.63) is 26.4 Å². The van der Waals surface area contributed by atoms with Crippen LogP contribution in [0.2, 0.25) is 0 Å². The largest absolute Gasteiger partial charge is 0.129 e. The zero-order chi connectivity index (χ0) is 11.9. The van der Waals surface area contributed by atoms with Crippen molar-refractivity contribution in [2.45, 2.75) is 52.4 Å². The van der Waals surface area contributed by atoms with E-state index in [4.69, 9.17) is 12.2 Å². The molecule has 0 spiro atoms. The lowest BCUT2D eigenvalue weighted by Gasteiger charge is -2.23. The third-order valence-electron chi connectivity index (χ3n) is 2.38. The Bertz CT molecular complexity index is 365. The van der Waals surface area contributed by atoms with E-state index in [1.807, 2.05) is 0 Å². The minimum absolute atomic E-state index is 0.182. The summed E-state index contributed by atoms with van der Waals surface area (Å²) in [5.74, 6) is 0. The second-order valence-corrected chi connectivity index (χ2v) is 7.81. The zero-order valence-corrected chi connectivity index (χ0v) is 12.1. The quantitative estimate of drug-likeness (QED) is 0.570. The topological polar surface area (TPSA) is 0 Å². The third-order valence-corrected chi connectivity index (χ3v) is 4.01. The molecule has 1 aromatic heterocycles. The van der Waals surface area contributed by atoms with Gasteiger partial charge in [0.05, 0.1) is 3.82 Å². The molecule has 0 aromatic carbocycles. The number of rotatable bonds is 0. The molecule has 2 heteroatoms. The van der Waals surface area contributed by atoms with Crippen LogP contribution in [0.15, 0.2) is 12.1 Å². The van der Waals surface area contributed by atoms with Gasteiger partial charge in [-0.2, -0.15) is 0 Å².